The van der Waals surface area contributed by atoms with E-state index in [2.05, 4.69) is 23.5 Å². The Morgan fingerprint density at radius 1 is 1.20 bits per heavy atom. The number of hydrogen-bond acceptors (Lipinski definition) is 2. The lowest BCUT2D eigenvalue weighted by Crippen LogP contribution is -2.02. The summed E-state index contributed by atoms with van der Waals surface area (Å²) in [5.41, 5.74) is 12.1. The second-order valence-electron chi connectivity index (χ2n) is 4.96. The number of pyridine rings is 1. The van der Waals surface area contributed by atoms with E-state index in [-0.39, 0.29) is 0 Å². The Balaban J connectivity index is 2.30. The fourth-order valence-electron chi connectivity index (χ4n) is 2.47. The van der Waals surface area contributed by atoms with E-state index >= 15 is 0 Å². The minimum absolute atomic E-state index is 0.446. The Morgan fingerprint density at radius 3 is 2.70 bits per heavy atom. The fourth-order valence-corrected chi connectivity index (χ4v) is 2.59. The molecule has 0 amide bonds. The quantitative estimate of drug-likeness (QED) is 0.779. The molecule has 20 heavy (non-hydrogen) atoms. The largest absolute Gasteiger partial charge is 0.325 e. The van der Waals surface area contributed by atoms with Gasteiger partial charge in [0.15, 0.2) is 0 Å². The zero-order valence-corrected chi connectivity index (χ0v) is 12.3. The van der Waals surface area contributed by atoms with Crippen molar-refractivity contribution in [3.8, 4) is 11.3 Å². The van der Waals surface area contributed by atoms with Crippen LogP contribution in [0.15, 0.2) is 36.5 Å². The maximum Gasteiger partial charge on any atom is 0.140 e. The third-order valence-electron chi connectivity index (χ3n) is 3.57. The standard InChI is InChI=1S/C16H16ClN3/c1-10-4-3-7-20-14(9-18)15(19-16(10)20)12-5-6-13(17)11(2)8-12/h3-8H,9,18H2,1-2H3. The summed E-state index contributed by atoms with van der Waals surface area (Å²) in [6.45, 7) is 4.50. The first-order chi connectivity index (χ1) is 9.61. The number of aromatic nitrogens is 2. The van der Waals surface area contributed by atoms with Crippen molar-refractivity contribution in [1.29, 1.82) is 0 Å². The summed E-state index contributed by atoms with van der Waals surface area (Å²) < 4.78 is 2.06. The number of imidazole rings is 1. The summed E-state index contributed by atoms with van der Waals surface area (Å²) >= 11 is 6.10. The van der Waals surface area contributed by atoms with Gasteiger partial charge in [0.25, 0.3) is 0 Å². The van der Waals surface area contributed by atoms with Gasteiger partial charge in [-0.1, -0.05) is 23.7 Å². The van der Waals surface area contributed by atoms with E-state index in [1.54, 1.807) is 0 Å². The van der Waals surface area contributed by atoms with Gasteiger partial charge in [0.1, 0.15) is 5.65 Å². The van der Waals surface area contributed by atoms with Crippen LogP contribution in [0.1, 0.15) is 16.8 Å². The second-order valence-corrected chi connectivity index (χ2v) is 5.37. The Bertz CT molecular complexity index is 790. The molecule has 102 valence electrons. The number of nitrogens with two attached hydrogens (primary N) is 1. The summed E-state index contributed by atoms with van der Waals surface area (Å²) in [6, 6.07) is 10.0. The van der Waals surface area contributed by atoms with Crippen LogP contribution in [0, 0.1) is 13.8 Å². The molecule has 0 fully saturated rings. The highest BCUT2D eigenvalue weighted by Crippen LogP contribution is 2.28. The summed E-state index contributed by atoms with van der Waals surface area (Å²) in [5.74, 6) is 0. The van der Waals surface area contributed by atoms with Gasteiger partial charge in [-0.15, -0.1) is 0 Å². The van der Waals surface area contributed by atoms with Gasteiger partial charge in [-0.05, 0) is 43.2 Å². The van der Waals surface area contributed by atoms with Crippen molar-refractivity contribution in [2.45, 2.75) is 20.4 Å². The van der Waals surface area contributed by atoms with Crippen LogP contribution in [0.3, 0.4) is 0 Å². The van der Waals surface area contributed by atoms with E-state index in [0.717, 1.165) is 38.7 Å². The van der Waals surface area contributed by atoms with E-state index in [9.17, 15) is 0 Å². The van der Waals surface area contributed by atoms with E-state index in [1.807, 2.05) is 31.3 Å². The van der Waals surface area contributed by atoms with Crippen LogP contribution in [0.25, 0.3) is 16.9 Å². The number of halogens is 1. The highest BCUT2D eigenvalue weighted by molar-refractivity contribution is 6.31. The maximum atomic E-state index is 6.10. The molecule has 0 unspecified atom stereocenters. The van der Waals surface area contributed by atoms with Crippen molar-refractivity contribution < 1.29 is 0 Å². The second kappa shape index (κ2) is 4.93. The molecule has 0 saturated heterocycles. The molecule has 0 radical (unpaired) electrons. The van der Waals surface area contributed by atoms with Gasteiger partial charge in [-0.3, -0.25) is 0 Å². The third-order valence-corrected chi connectivity index (χ3v) is 3.99. The van der Waals surface area contributed by atoms with Crippen molar-refractivity contribution in [2.75, 3.05) is 0 Å². The minimum Gasteiger partial charge on any atom is -0.325 e. The summed E-state index contributed by atoms with van der Waals surface area (Å²) in [5, 5.41) is 0.767. The monoisotopic (exact) mass is 285 g/mol. The zero-order chi connectivity index (χ0) is 14.3. The molecule has 0 aliphatic heterocycles. The first-order valence-corrected chi connectivity index (χ1v) is 6.92. The highest BCUT2D eigenvalue weighted by atomic mass is 35.5. The molecule has 3 nitrogen and oxygen atoms in total. The van der Waals surface area contributed by atoms with Crippen molar-refractivity contribution in [3.63, 3.8) is 0 Å². The van der Waals surface area contributed by atoms with Gasteiger partial charge in [0.05, 0.1) is 11.4 Å². The van der Waals surface area contributed by atoms with Crippen molar-refractivity contribution in [1.82, 2.24) is 9.38 Å². The number of nitrogens with zero attached hydrogens (tertiary/aromatic N) is 2. The first kappa shape index (κ1) is 13.2. The normalized spacial score (nSPS) is 11.2. The van der Waals surface area contributed by atoms with E-state index in [0.29, 0.717) is 6.54 Å². The van der Waals surface area contributed by atoms with Crippen LogP contribution in [0.4, 0.5) is 0 Å². The van der Waals surface area contributed by atoms with Gasteiger partial charge >= 0.3 is 0 Å². The number of rotatable bonds is 2. The van der Waals surface area contributed by atoms with Gasteiger partial charge in [-0.2, -0.15) is 0 Å². The Labute approximate surface area is 123 Å². The Morgan fingerprint density at radius 2 is 2.00 bits per heavy atom. The number of benzene rings is 1. The molecule has 0 aliphatic carbocycles. The van der Waals surface area contributed by atoms with Crippen molar-refractivity contribution in [3.05, 3.63) is 58.4 Å². The van der Waals surface area contributed by atoms with Crippen LogP contribution in [0.5, 0.6) is 0 Å². The molecule has 3 rings (SSSR count). The average Bonchev–Trinajstić information content (AvgIpc) is 2.82. The van der Waals surface area contributed by atoms with Gasteiger partial charge in [0, 0.05) is 23.3 Å². The molecule has 1 aromatic carbocycles. The van der Waals surface area contributed by atoms with Crippen LogP contribution in [0.2, 0.25) is 5.02 Å². The van der Waals surface area contributed by atoms with E-state index in [4.69, 9.17) is 22.3 Å². The van der Waals surface area contributed by atoms with Crippen LogP contribution < -0.4 is 5.73 Å². The molecule has 0 saturated carbocycles. The van der Waals surface area contributed by atoms with E-state index < -0.39 is 0 Å². The molecule has 0 spiro atoms. The Hall–Kier alpha value is -1.84. The summed E-state index contributed by atoms with van der Waals surface area (Å²) in [7, 11) is 0. The topological polar surface area (TPSA) is 43.3 Å². The Kier molecular flexibility index (Phi) is 3.24. The van der Waals surface area contributed by atoms with Gasteiger partial charge in [-0.25, -0.2) is 4.98 Å². The highest BCUT2D eigenvalue weighted by Gasteiger charge is 2.14. The molecular weight excluding hydrogens is 270 g/mol. The van der Waals surface area contributed by atoms with Crippen LogP contribution in [-0.4, -0.2) is 9.38 Å². The molecule has 2 heterocycles. The number of aryl methyl sites for hydroxylation is 2. The molecule has 0 atom stereocenters. The molecule has 0 aliphatic rings. The van der Waals surface area contributed by atoms with Gasteiger partial charge < -0.3 is 10.1 Å². The lowest BCUT2D eigenvalue weighted by atomic mass is 10.1. The summed E-state index contributed by atoms with van der Waals surface area (Å²) in [4.78, 5) is 4.76. The van der Waals surface area contributed by atoms with E-state index in [1.165, 1.54) is 0 Å². The van der Waals surface area contributed by atoms with Gasteiger partial charge in [0.2, 0.25) is 0 Å². The predicted octanol–water partition coefficient (Wildman–Crippen LogP) is 3.73. The first-order valence-electron chi connectivity index (χ1n) is 6.55. The summed E-state index contributed by atoms with van der Waals surface area (Å²) in [6.07, 6.45) is 2.00. The molecule has 4 heteroatoms. The van der Waals surface area contributed by atoms with Crippen LogP contribution in [-0.2, 0) is 6.54 Å². The van der Waals surface area contributed by atoms with Crippen LogP contribution >= 0.6 is 11.6 Å². The third kappa shape index (κ3) is 1.99. The lowest BCUT2D eigenvalue weighted by molar-refractivity contribution is 0.959. The average molecular weight is 286 g/mol. The zero-order valence-electron chi connectivity index (χ0n) is 11.5. The fraction of sp³-hybridized carbons (Fsp3) is 0.188. The minimum atomic E-state index is 0.446. The number of fused-ring (bicyclic) bond motifs is 1. The maximum absolute atomic E-state index is 6.10. The molecule has 0 bridgehead atoms. The molecular formula is C16H16ClN3. The predicted molar refractivity (Wildman–Crippen MR) is 83.0 cm³/mol. The SMILES string of the molecule is Cc1cc(-c2nc3c(C)cccn3c2CN)ccc1Cl. The number of hydrogen-bond donors (Lipinski definition) is 1. The smallest absolute Gasteiger partial charge is 0.140 e. The molecule has 2 N–H and O–H groups in total. The van der Waals surface area contributed by atoms with Crippen molar-refractivity contribution >= 4 is 17.2 Å². The van der Waals surface area contributed by atoms with Crippen molar-refractivity contribution in [2.24, 2.45) is 5.73 Å². The molecule has 3 aromatic rings. The lowest BCUT2D eigenvalue weighted by Gasteiger charge is -2.04. The molecule has 2 aromatic heterocycles.